The summed E-state index contributed by atoms with van der Waals surface area (Å²) in [6, 6.07) is -0.527. The third-order valence-electron chi connectivity index (χ3n) is 4.97. The highest BCUT2D eigenvalue weighted by atomic mass is 31.2. The van der Waals surface area contributed by atoms with Crippen LogP contribution < -0.4 is 11.1 Å². The van der Waals surface area contributed by atoms with Crippen LogP contribution in [0, 0.1) is 0 Å². The number of fused-ring (bicyclic) bond motifs is 1. The molecule has 2 aliphatic heterocycles. The fraction of sp³-hybridized carbons (Fsp3) is 0.600. The summed E-state index contributed by atoms with van der Waals surface area (Å²) in [5, 5.41) is 13.8. The highest BCUT2D eigenvalue weighted by molar-refractivity contribution is 7.46. The fourth-order valence-corrected chi connectivity index (χ4v) is 3.90. The number of carbonyl (C=O) groups is 1. The fourth-order valence-electron chi connectivity index (χ4n) is 3.56. The molecule has 15 heteroatoms. The van der Waals surface area contributed by atoms with E-state index in [9.17, 15) is 14.5 Å². The standard InChI is InChI=1S/C15H21N6O8P/c16-12-9-13(19-5-18-12)21(6-20-9)14-10(22)11(8(28-14)4-27-30(24,25)26)29-15(23)7-2-1-3-17-7/h5-8,10-11,14,17,22H,1-4H2,(H2,16,18,19)(H2,24,25,26). The molecule has 6 N–H and O–H groups in total. The van der Waals surface area contributed by atoms with Crippen LogP contribution in [0.5, 0.6) is 0 Å². The summed E-state index contributed by atoms with van der Waals surface area (Å²) in [6.07, 6.45) is -0.982. The minimum Gasteiger partial charge on any atom is -0.455 e. The first-order valence-electron chi connectivity index (χ1n) is 9.15. The Kier molecular flexibility index (Phi) is 5.72. The number of nitrogens with zero attached hydrogens (tertiary/aromatic N) is 4. The lowest BCUT2D eigenvalue weighted by Gasteiger charge is -2.22. The van der Waals surface area contributed by atoms with E-state index in [0.29, 0.717) is 13.0 Å². The van der Waals surface area contributed by atoms with Gasteiger partial charge in [0, 0.05) is 0 Å². The highest BCUT2D eigenvalue weighted by Crippen LogP contribution is 2.39. The van der Waals surface area contributed by atoms with Gasteiger partial charge in [0.25, 0.3) is 0 Å². The number of hydrogen-bond acceptors (Lipinski definition) is 11. The number of anilines is 1. The molecule has 5 unspecified atom stereocenters. The molecule has 0 spiro atoms. The molecule has 0 bridgehead atoms. The van der Waals surface area contributed by atoms with Crippen molar-refractivity contribution in [2.45, 2.75) is 43.4 Å². The molecule has 30 heavy (non-hydrogen) atoms. The molecule has 4 rings (SSSR count). The molecule has 0 radical (unpaired) electrons. The summed E-state index contributed by atoms with van der Waals surface area (Å²) >= 11 is 0. The van der Waals surface area contributed by atoms with E-state index in [2.05, 4.69) is 24.8 Å². The van der Waals surface area contributed by atoms with Crippen LogP contribution in [0.1, 0.15) is 19.1 Å². The molecule has 4 heterocycles. The topological polar surface area (TPSA) is 204 Å². The average Bonchev–Trinajstić information content (AvgIpc) is 3.41. The third kappa shape index (κ3) is 4.16. The van der Waals surface area contributed by atoms with Crippen LogP contribution in [0.2, 0.25) is 0 Å². The van der Waals surface area contributed by atoms with E-state index in [1.807, 2.05) is 0 Å². The molecule has 2 saturated heterocycles. The van der Waals surface area contributed by atoms with E-state index in [4.69, 9.17) is 25.0 Å². The average molecular weight is 444 g/mol. The van der Waals surface area contributed by atoms with Crippen LogP contribution in [0.15, 0.2) is 12.7 Å². The first-order valence-corrected chi connectivity index (χ1v) is 10.7. The first-order chi connectivity index (χ1) is 14.2. The van der Waals surface area contributed by atoms with Crippen molar-refractivity contribution in [3.8, 4) is 0 Å². The number of aliphatic hydroxyl groups excluding tert-OH is 1. The van der Waals surface area contributed by atoms with Crippen molar-refractivity contribution in [3.05, 3.63) is 12.7 Å². The number of aliphatic hydroxyl groups is 1. The zero-order chi connectivity index (χ0) is 21.5. The molecule has 2 aliphatic rings. The second-order valence-electron chi connectivity index (χ2n) is 6.98. The predicted molar refractivity (Wildman–Crippen MR) is 98.6 cm³/mol. The monoisotopic (exact) mass is 444 g/mol. The number of carbonyl (C=O) groups excluding carboxylic acids is 1. The van der Waals surface area contributed by atoms with Crippen molar-refractivity contribution in [3.63, 3.8) is 0 Å². The molecule has 5 atom stereocenters. The maximum atomic E-state index is 12.4. The molecule has 2 aromatic rings. The lowest BCUT2D eigenvalue weighted by molar-refractivity contribution is -0.158. The SMILES string of the molecule is Nc1ncnc2c1ncn2C1OC(COP(=O)(O)O)C(OC(=O)C2CCCN2)C1O. The Morgan fingerprint density at radius 1 is 1.40 bits per heavy atom. The van der Waals surface area contributed by atoms with Crippen molar-refractivity contribution in [1.82, 2.24) is 24.8 Å². The van der Waals surface area contributed by atoms with E-state index in [1.165, 1.54) is 17.2 Å². The van der Waals surface area contributed by atoms with Gasteiger partial charge in [-0.05, 0) is 19.4 Å². The molecule has 14 nitrogen and oxygen atoms in total. The lowest BCUT2D eigenvalue weighted by Crippen LogP contribution is -2.42. The quantitative estimate of drug-likeness (QED) is 0.253. The zero-order valence-corrected chi connectivity index (χ0v) is 16.5. The normalized spacial score (nSPS) is 29.5. The van der Waals surface area contributed by atoms with Crippen LogP contribution in [0.3, 0.4) is 0 Å². The first kappa shape index (κ1) is 21.1. The van der Waals surface area contributed by atoms with Gasteiger partial charge in [-0.2, -0.15) is 0 Å². The number of hydrogen-bond donors (Lipinski definition) is 5. The van der Waals surface area contributed by atoms with Crippen LogP contribution in [-0.2, 0) is 23.4 Å². The summed E-state index contributed by atoms with van der Waals surface area (Å²) < 4.78 is 28.2. The zero-order valence-electron chi connectivity index (χ0n) is 15.6. The maximum absolute atomic E-state index is 12.4. The van der Waals surface area contributed by atoms with Crippen LogP contribution in [0.25, 0.3) is 11.2 Å². The largest absolute Gasteiger partial charge is 0.469 e. The summed E-state index contributed by atoms with van der Waals surface area (Å²) in [6.45, 7) is 0.0522. The van der Waals surface area contributed by atoms with Gasteiger partial charge in [0.05, 0.1) is 12.9 Å². The van der Waals surface area contributed by atoms with Crippen LogP contribution >= 0.6 is 7.82 Å². The van der Waals surface area contributed by atoms with Gasteiger partial charge in [-0.25, -0.2) is 19.5 Å². The third-order valence-corrected chi connectivity index (χ3v) is 5.46. The molecule has 0 aliphatic carbocycles. The minimum atomic E-state index is -4.82. The number of aromatic nitrogens is 4. The number of nitrogen functional groups attached to an aromatic ring is 1. The van der Waals surface area contributed by atoms with Crippen molar-refractivity contribution >= 4 is 30.8 Å². The summed E-state index contributed by atoms with van der Waals surface area (Å²) in [5.74, 6) is -0.466. The molecule has 0 saturated carbocycles. The Bertz CT molecular complexity index is 975. The predicted octanol–water partition coefficient (Wildman–Crippen LogP) is -1.56. The highest BCUT2D eigenvalue weighted by Gasteiger charge is 2.49. The molecular weight excluding hydrogens is 423 g/mol. The van der Waals surface area contributed by atoms with Crippen LogP contribution in [-0.4, -0.2) is 77.9 Å². The Hall–Kier alpha value is -2.19. The molecule has 2 aromatic heterocycles. The number of nitrogens with one attached hydrogen (secondary N) is 1. The van der Waals surface area contributed by atoms with Crippen LogP contribution in [0.4, 0.5) is 5.82 Å². The Morgan fingerprint density at radius 3 is 2.90 bits per heavy atom. The number of ether oxygens (including phenoxy) is 2. The van der Waals surface area contributed by atoms with Gasteiger partial charge in [-0.15, -0.1) is 0 Å². The van der Waals surface area contributed by atoms with E-state index in [0.717, 1.165) is 6.42 Å². The number of phosphoric acid groups is 1. The van der Waals surface area contributed by atoms with Crippen molar-refractivity contribution in [2.75, 3.05) is 18.9 Å². The van der Waals surface area contributed by atoms with Crippen molar-refractivity contribution in [2.24, 2.45) is 0 Å². The molecule has 164 valence electrons. The van der Waals surface area contributed by atoms with E-state index in [-0.39, 0.29) is 17.0 Å². The molecular formula is C15H21N6O8P. The number of esters is 1. The summed E-state index contributed by atoms with van der Waals surface area (Å²) in [5.41, 5.74) is 6.33. The molecule has 2 fully saturated rings. The van der Waals surface area contributed by atoms with Gasteiger partial charge in [0.2, 0.25) is 0 Å². The lowest BCUT2D eigenvalue weighted by atomic mass is 10.1. The number of nitrogens with two attached hydrogens (primary N) is 1. The van der Waals surface area contributed by atoms with Gasteiger partial charge in [-0.1, -0.05) is 0 Å². The number of phosphoric ester groups is 1. The van der Waals surface area contributed by atoms with E-state index in [1.54, 1.807) is 0 Å². The molecule has 0 aromatic carbocycles. The maximum Gasteiger partial charge on any atom is 0.469 e. The smallest absolute Gasteiger partial charge is 0.455 e. The summed E-state index contributed by atoms with van der Waals surface area (Å²) in [4.78, 5) is 42.5. The van der Waals surface area contributed by atoms with Crippen molar-refractivity contribution < 1.29 is 38.3 Å². The Balaban J connectivity index is 1.59. The summed E-state index contributed by atoms with van der Waals surface area (Å²) in [7, 11) is -4.82. The molecule has 0 amide bonds. The minimum absolute atomic E-state index is 0.128. The number of imidazole rings is 1. The van der Waals surface area contributed by atoms with Gasteiger partial charge in [0.15, 0.2) is 23.8 Å². The number of rotatable bonds is 6. The van der Waals surface area contributed by atoms with Crippen molar-refractivity contribution in [1.29, 1.82) is 0 Å². The van der Waals surface area contributed by atoms with Gasteiger partial charge < -0.3 is 35.4 Å². The van der Waals surface area contributed by atoms with E-state index < -0.39 is 51.0 Å². The van der Waals surface area contributed by atoms with Gasteiger partial charge in [-0.3, -0.25) is 13.9 Å². The van der Waals surface area contributed by atoms with Gasteiger partial charge in [0.1, 0.15) is 30.1 Å². The second kappa shape index (κ2) is 8.15. The second-order valence-corrected chi connectivity index (χ2v) is 8.21. The van der Waals surface area contributed by atoms with E-state index >= 15 is 0 Å². The Morgan fingerprint density at radius 2 is 2.20 bits per heavy atom. The van der Waals surface area contributed by atoms with Gasteiger partial charge >= 0.3 is 13.8 Å². The Labute approximate surface area is 169 Å².